The lowest BCUT2D eigenvalue weighted by Crippen LogP contribution is -1.69. The summed E-state index contributed by atoms with van der Waals surface area (Å²) >= 11 is 0. The molecular formula is C10H13N. The predicted molar refractivity (Wildman–Crippen MR) is 50.5 cm³/mol. The third-order valence-corrected chi connectivity index (χ3v) is 0.986. The number of hydrogen-bond acceptors (Lipinski definition) is 1. The van der Waals surface area contributed by atoms with Crippen LogP contribution in [-0.2, 0) is 0 Å². The zero-order chi connectivity index (χ0) is 8.53. The maximum absolute atomic E-state index is 3.64. The van der Waals surface area contributed by atoms with Crippen LogP contribution < -0.4 is 0 Å². The molecule has 0 aromatic heterocycles. The normalized spacial score (nSPS) is 10.9. The monoisotopic (exact) mass is 147 g/mol. The standard InChI is InChI=1S/C10H13N/c1-4-6-8-10(7-5-2)9-11-3/h5,7,9H,3-4H2,1-2H3/b7-5-,10-9+. The van der Waals surface area contributed by atoms with Gasteiger partial charge >= 0.3 is 0 Å². The van der Waals surface area contributed by atoms with Crippen molar-refractivity contribution in [1.82, 2.24) is 0 Å². The van der Waals surface area contributed by atoms with E-state index in [2.05, 4.69) is 23.6 Å². The van der Waals surface area contributed by atoms with Crippen molar-refractivity contribution in [3.8, 4) is 11.8 Å². The highest BCUT2D eigenvalue weighted by Crippen LogP contribution is 1.94. The summed E-state index contributed by atoms with van der Waals surface area (Å²) < 4.78 is 0. The zero-order valence-electron chi connectivity index (χ0n) is 7.09. The van der Waals surface area contributed by atoms with Crippen LogP contribution in [0.25, 0.3) is 0 Å². The van der Waals surface area contributed by atoms with Crippen LogP contribution in [0.1, 0.15) is 20.3 Å². The minimum atomic E-state index is 0.867. The third kappa shape index (κ3) is 5.17. The van der Waals surface area contributed by atoms with Crippen LogP contribution in [0.5, 0.6) is 0 Å². The summed E-state index contributed by atoms with van der Waals surface area (Å²) in [6.45, 7) is 7.33. The number of hydrogen-bond donors (Lipinski definition) is 0. The van der Waals surface area contributed by atoms with Gasteiger partial charge in [0.05, 0.1) is 0 Å². The Kier molecular flexibility index (Phi) is 6.02. The largest absolute Gasteiger partial charge is 0.271 e. The van der Waals surface area contributed by atoms with E-state index in [4.69, 9.17) is 0 Å². The molecule has 0 aromatic rings. The van der Waals surface area contributed by atoms with Crippen LogP contribution in [0.15, 0.2) is 28.9 Å². The van der Waals surface area contributed by atoms with Gasteiger partial charge in [-0.2, -0.15) is 0 Å². The van der Waals surface area contributed by atoms with Gasteiger partial charge in [0.2, 0.25) is 0 Å². The topological polar surface area (TPSA) is 12.4 Å². The quantitative estimate of drug-likeness (QED) is 0.323. The highest BCUT2D eigenvalue weighted by Gasteiger charge is 1.80. The maximum atomic E-state index is 3.64. The van der Waals surface area contributed by atoms with Gasteiger partial charge in [0, 0.05) is 18.2 Å². The highest BCUT2D eigenvalue weighted by molar-refractivity contribution is 5.39. The van der Waals surface area contributed by atoms with E-state index in [-0.39, 0.29) is 0 Å². The van der Waals surface area contributed by atoms with Gasteiger partial charge < -0.3 is 0 Å². The summed E-state index contributed by atoms with van der Waals surface area (Å²) in [5.41, 5.74) is 0.907. The molecule has 58 valence electrons. The van der Waals surface area contributed by atoms with Crippen molar-refractivity contribution in [2.75, 3.05) is 0 Å². The smallest absolute Gasteiger partial charge is 0.0424 e. The molecular weight excluding hydrogens is 134 g/mol. The second-order valence-electron chi connectivity index (χ2n) is 1.92. The Morgan fingerprint density at radius 2 is 2.36 bits per heavy atom. The Morgan fingerprint density at radius 3 is 2.82 bits per heavy atom. The summed E-state index contributed by atoms with van der Waals surface area (Å²) in [7, 11) is 0. The molecule has 0 N–H and O–H groups in total. The Hall–Kier alpha value is -1.29. The van der Waals surface area contributed by atoms with E-state index in [1.165, 1.54) is 0 Å². The Morgan fingerprint density at radius 1 is 1.64 bits per heavy atom. The summed E-state index contributed by atoms with van der Waals surface area (Å²) in [6.07, 6.45) is 6.37. The van der Waals surface area contributed by atoms with E-state index in [0.29, 0.717) is 0 Å². The van der Waals surface area contributed by atoms with Crippen molar-refractivity contribution in [3.05, 3.63) is 23.9 Å². The first-order valence-electron chi connectivity index (χ1n) is 3.62. The van der Waals surface area contributed by atoms with Gasteiger partial charge in [0.15, 0.2) is 0 Å². The van der Waals surface area contributed by atoms with E-state index in [1.807, 2.05) is 26.0 Å². The summed E-state index contributed by atoms with van der Waals surface area (Å²) in [5, 5.41) is 0. The molecule has 0 heterocycles. The molecule has 0 spiro atoms. The van der Waals surface area contributed by atoms with Gasteiger partial charge in [0.25, 0.3) is 0 Å². The van der Waals surface area contributed by atoms with Crippen LogP contribution in [0, 0.1) is 11.8 Å². The molecule has 0 atom stereocenters. The third-order valence-electron chi connectivity index (χ3n) is 0.986. The molecule has 0 aliphatic carbocycles. The average Bonchev–Trinajstić information content (AvgIpc) is 2.01. The van der Waals surface area contributed by atoms with Crippen molar-refractivity contribution < 1.29 is 0 Å². The first-order valence-corrected chi connectivity index (χ1v) is 3.62. The fourth-order valence-corrected chi connectivity index (χ4v) is 0.585. The first-order chi connectivity index (χ1) is 5.35. The second-order valence-corrected chi connectivity index (χ2v) is 1.92. The Labute approximate surface area is 68.5 Å². The fraction of sp³-hybridized carbons (Fsp3) is 0.300. The van der Waals surface area contributed by atoms with Crippen molar-refractivity contribution in [3.63, 3.8) is 0 Å². The van der Waals surface area contributed by atoms with Crippen molar-refractivity contribution in [1.29, 1.82) is 0 Å². The highest BCUT2D eigenvalue weighted by atomic mass is 14.6. The molecule has 0 fully saturated rings. The fourth-order valence-electron chi connectivity index (χ4n) is 0.585. The van der Waals surface area contributed by atoms with Crippen LogP contribution in [0.3, 0.4) is 0 Å². The van der Waals surface area contributed by atoms with Crippen LogP contribution >= 0.6 is 0 Å². The molecule has 0 aromatic carbocycles. The Bertz CT molecular complexity index is 223. The molecule has 1 heteroatoms. The predicted octanol–water partition coefficient (Wildman–Crippen LogP) is 2.56. The summed E-state index contributed by atoms with van der Waals surface area (Å²) in [6, 6.07) is 0. The molecule has 0 aliphatic heterocycles. The van der Waals surface area contributed by atoms with Crippen LogP contribution in [-0.4, -0.2) is 6.72 Å². The molecule has 0 saturated carbocycles. The summed E-state index contributed by atoms with van der Waals surface area (Å²) in [4.78, 5) is 3.64. The number of nitrogens with zero attached hydrogens (tertiary/aromatic N) is 1. The lowest BCUT2D eigenvalue weighted by molar-refractivity contribution is 1.28. The van der Waals surface area contributed by atoms with E-state index in [9.17, 15) is 0 Å². The Balaban J connectivity index is 4.34. The van der Waals surface area contributed by atoms with Gasteiger partial charge in [-0.05, 0) is 19.7 Å². The molecule has 1 nitrogen and oxygen atoms in total. The lowest BCUT2D eigenvalue weighted by Gasteiger charge is -1.84. The number of aliphatic imine (C=N–C) groups is 1. The molecule has 0 rings (SSSR count). The van der Waals surface area contributed by atoms with Gasteiger partial charge in [-0.1, -0.05) is 24.8 Å². The number of rotatable bonds is 2. The molecule has 0 bridgehead atoms. The zero-order valence-corrected chi connectivity index (χ0v) is 7.09. The number of allylic oxidation sites excluding steroid dienone is 3. The first kappa shape index (κ1) is 9.71. The van der Waals surface area contributed by atoms with E-state index in [0.717, 1.165) is 12.0 Å². The van der Waals surface area contributed by atoms with Crippen molar-refractivity contribution in [2.45, 2.75) is 20.3 Å². The van der Waals surface area contributed by atoms with Gasteiger partial charge in [0.1, 0.15) is 0 Å². The molecule has 0 saturated heterocycles. The minimum absolute atomic E-state index is 0.867. The van der Waals surface area contributed by atoms with Gasteiger partial charge in [-0.25, -0.2) is 0 Å². The van der Waals surface area contributed by atoms with E-state index >= 15 is 0 Å². The molecule has 0 aliphatic rings. The molecule has 0 amide bonds. The lowest BCUT2D eigenvalue weighted by atomic mass is 10.2. The van der Waals surface area contributed by atoms with Crippen LogP contribution in [0.4, 0.5) is 0 Å². The second kappa shape index (κ2) is 6.82. The molecule has 0 unspecified atom stereocenters. The van der Waals surface area contributed by atoms with E-state index < -0.39 is 0 Å². The minimum Gasteiger partial charge on any atom is -0.271 e. The van der Waals surface area contributed by atoms with Gasteiger partial charge in [-0.15, -0.1) is 0 Å². The maximum Gasteiger partial charge on any atom is 0.0424 e. The van der Waals surface area contributed by atoms with Crippen molar-refractivity contribution in [2.24, 2.45) is 4.99 Å². The van der Waals surface area contributed by atoms with E-state index in [1.54, 1.807) is 6.20 Å². The van der Waals surface area contributed by atoms with Crippen LogP contribution in [0.2, 0.25) is 0 Å². The van der Waals surface area contributed by atoms with Crippen molar-refractivity contribution >= 4 is 6.72 Å². The molecule has 11 heavy (non-hydrogen) atoms. The summed E-state index contributed by atoms with van der Waals surface area (Å²) in [5.74, 6) is 5.92. The van der Waals surface area contributed by atoms with Gasteiger partial charge in [-0.3, -0.25) is 4.99 Å². The average molecular weight is 147 g/mol. The molecule has 0 radical (unpaired) electrons. The SMILES string of the molecule is C=N/C=C(C#CCC)\C=C/C.